The van der Waals surface area contributed by atoms with E-state index >= 15 is 0 Å². The van der Waals surface area contributed by atoms with Crippen LogP contribution in [0.1, 0.15) is 72.1 Å². The number of aldehydes is 1. The van der Waals surface area contributed by atoms with Crippen LogP contribution in [0.5, 0.6) is 5.75 Å². The molecule has 42 heavy (non-hydrogen) atoms. The Labute approximate surface area is 246 Å². The van der Waals surface area contributed by atoms with Crippen molar-refractivity contribution in [2.24, 2.45) is 0 Å². The van der Waals surface area contributed by atoms with Crippen LogP contribution in [-0.4, -0.2) is 70.5 Å². The minimum absolute atomic E-state index is 0.0749. The van der Waals surface area contributed by atoms with Crippen molar-refractivity contribution in [3.8, 4) is 5.75 Å². The molecule has 1 aromatic heterocycles. The van der Waals surface area contributed by atoms with Crippen LogP contribution >= 0.6 is 0 Å². The van der Waals surface area contributed by atoms with Gasteiger partial charge in [-0.3, -0.25) is 19.2 Å². The molecule has 0 saturated carbocycles. The maximum Gasteiger partial charge on any atom is 0.255 e. The van der Waals surface area contributed by atoms with Gasteiger partial charge in [0.25, 0.3) is 5.91 Å². The number of piperidine rings is 1. The number of aromatic nitrogens is 2. The fourth-order valence-electron chi connectivity index (χ4n) is 6.86. The van der Waals surface area contributed by atoms with E-state index in [-0.39, 0.29) is 29.2 Å². The van der Waals surface area contributed by atoms with Crippen molar-refractivity contribution in [2.75, 3.05) is 26.7 Å². The van der Waals surface area contributed by atoms with Gasteiger partial charge in [0.1, 0.15) is 18.1 Å². The predicted octanol–water partition coefficient (Wildman–Crippen LogP) is 3.64. The Morgan fingerprint density at radius 3 is 2.64 bits per heavy atom. The fourth-order valence-corrected chi connectivity index (χ4v) is 6.86. The third-order valence-corrected chi connectivity index (χ3v) is 9.54. The molecule has 1 saturated heterocycles. The second-order valence-corrected chi connectivity index (χ2v) is 12.3. The maximum absolute atomic E-state index is 13.3. The molecule has 2 amide bonds. The molecule has 2 aromatic carbocycles. The molecule has 220 valence electrons. The second kappa shape index (κ2) is 11.0. The van der Waals surface area contributed by atoms with E-state index < -0.39 is 6.04 Å². The van der Waals surface area contributed by atoms with Crippen molar-refractivity contribution < 1.29 is 19.1 Å². The number of amides is 2. The first kappa shape index (κ1) is 28.2. The second-order valence-electron chi connectivity index (χ2n) is 12.3. The number of nitrogens with zero attached hydrogens (tertiary/aromatic N) is 4. The lowest BCUT2D eigenvalue weighted by Gasteiger charge is -2.38. The number of hydrogen-bond acceptors (Lipinski definition) is 6. The number of hydrogen-bond donors (Lipinski definition) is 1. The normalized spacial score (nSPS) is 18.5. The molecule has 0 aliphatic carbocycles. The van der Waals surface area contributed by atoms with E-state index in [4.69, 9.17) is 9.84 Å². The van der Waals surface area contributed by atoms with E-state index in [1.165, 1.54) is 16.7 Å². The van der Waals surface area contributed by atoms with Gasteiger partial charge in [0, 0.05) is 53.9 Å². The first-order valence-corrected chi connectivity index (χ1v) is 14.8. The zero-order chi connectivity index (χ0) is 29.5. The van der Waals surface area contributed by atoms with Crippen LogP contribution in [0.15, 0.2) is 54.9 Å². The van der Waals surface area contributed by atoms with Crippen LogP contribution < -0.4 is 10.1 Å². The Kier molecular flexibility index (Phi) is 7.39. The molecule has 9 nitrogen and oxygen atoms in total. The molecular weight excluding hydrogens is 530 g/mol. The van der Waals surface area contributed by atoms with Crippen molar-refractivity contribution in [1.29, 1.82) is 0 Å². The summed E-state index contributed by atoms with van der Waals surface area (Å²) in [5.41, 5.74) is 4.76. The molecule has 3 aliphatic rings. The van der Waals surface area contributed by atoms with E-state index in [0.29, 0.717) is 25.1 Å². The smallest absolute Gasteiger partial charge is 0.255 e. The van der Waals surface area contributed by atoms with Gasteiger partial charge < -0.3 is 19.7 Å². The highest BCUT2D eigenvalue weighted by Gasteiger charge is 2.47. The van der Waals surface area contributed by atoms with Gasteiger partial charge in [0.05, 0.1) is 24.9 Å². The summed E-state index contributed by atoms with van der Waals surface area (Å²) < 4.78 is 8.41. The van der Waals surface area contributed by atoms with Gasteiger partial charge in [-0.05, 0) is 57.8 Å². The van der Waals surface area contributed by atoms with E-state index in [1.807, 2.05) is 18.3 Å². The molecule has 1 fully saturated rings. The summed E-state index contributed by atoms with van der Waals surface area (Å²) in [6.07, 6.45) is 7.40. The quantitative estimate of drug-likeness (QED) is 0.396. The first-order chi connectivity index (χ1) is 20.3. The minimum atomic E-state index is -0.683. The third-order valence-electron chi connectivity index (χ3n) is 9.54. The van der Waals surface area contributed by atoms with Crippen molar-refractivity contribution >= 4 is 18.1 Å². The third kappa shape index (κ3) is 4.79. The molecule has 9 heteroatoms. The molecule has 1 spiro atoms. The lowest BCUT2D eigenvalue weighted by Crippen LogP contribution is -2.46. The van der Waals surface area contributed by atoms with Crippen LogP contribution in [0.3, 0.4) is 0 Å². The van der Waals surface area contributed by atoms with Crippen LogP contribution in [-0.2, 0) is 33.6 Å². The molecule has 3 aromatic rings. The Bertz CT molecular complexity index is 1490. The number of likely N-dealkylation sites (tertiary alicyclic amines) is 1. The standard InChI is InChI=1S/C33H39N5O4/c1-32(2,24-8-5-4-6-9-24)38-20-23(18-35-38)19-36-15-13-33(14-16-36)22-42-29-26-21-37(28(10-7-17-39)30(40)34-3)31(41)25(26)11-12-27(29)33/h4-6,8-9,11-12,17-18,20,28H,7,10,13-16,19,21-22H2,1-3H3,(H,34,40)/t28-/m0/s1. The monoisotopic (exact) mass is 569 g/mol. The number of nitrogens with one attached hydrogen (secondary N) is 1. The highest BCUT2D eigenvalue weighted by atomic mass is 16.5. The largest absolute Gasteiger partial charge is 0.492 e. The van der Waals surface area contributed by atoms with Gasteiger partial charge >= 0.3 is 0 Å². The SMILES string of the molecule is CNC(=O)[C@H](CCC=O)N1Cc2c(ccc3c2OCC32CCN(Cc3cnn(C(C)(C)c4ccccc4)c3)CC2)C1=O. The molecule has 0 bridgehead atoms. The average Bonchev–Trinajstić information content (AvgIpc) is 3.72. The lowest BCUT2D eigenvalue weighted by molar-refractivity contribution is -0.125. The highest BCUT2D eigenvalue weighted by molar-refractivity contribution is 6.02. The average molecular weight is 570 g/mol. The predicted molar refractivity (Wildman–Crippen MR) is 158 cm³/mol. The number of ether oxygens (including phenoxy) is 1. The number of carbonyl (C=O) groups is 3. The maximum atomic E-state index is 13.3. The zero-order valence-corrected chi connectivity index (χ0v) is 24.6. The molecule has 1 atom stereocenters. The molecule has 1 N–H and O–H groups in total. The summed E-state index contributed by atoms with van der Waals surface area (Å²) in [6, 6.07) is 13.7. The summed E-state index contributed by atoms with van der Waals surface area (Å²) in [5.74, 6) is 0.378. The Morgan fingerprint density at radius 2 is 1.93 bits per heavy atom. The number of benzene rings is 2. The summed E-state index contributed by atoms with van der Waals surface area (Å²) in [4.78, 5) is 41.0. The Morgan fingerprint density at radius 1 is 1.17 bits per heavy atom. The highest BCUT2D eigenvalue weighted by Crippen LogP contribution is 2.49. The van der Waals surface area contributed by atoms with Crippen molar-refractivity contribution in [2.45, 2.75) is 69.6 Å². The lowest BCUT2D eigenvalue weighted by atomic mass is 9.74. The van der Waals surface area contributed by atoms with Gasteiger partial charge in [-0.2, -0.15) is 5.10 Å². The number of likely N-dealkylation sites (N-methyl/N-ethyl adjacent to an activating group) is 1. The van der Waals surface area contributed by atoms with Crippen LogP contribution in [0, 0.1) is 0 Å². The van der Waals surface area contributed by atoms with E-state index in [1.54, 1.807) is 11.9 Å². The minimum Gasteiger partial charge on any atom is -0.492 e. The van der Waals surface area contributed by atoms with Gasteiger partial charge in [-0.15, -0.1) is 0 Å². The molecular formula is C33H39N5O4. The van der Waals surface area contributed by atoms with Crippen molar-refractivity contribution in [3.05, 3.63) is 82.7 Å². The van der Waals surface area contributed by atoms with Crippen molar-refractivity contribution in [1.82, 2.24) is 24.9 Å². The molecule has 3 aliphatic heterocycles. The summed E-state index contributed by atoms with van der Waals surface area (Å²) in [7, 11) is 1.55. The number of rotatable bonds is 9. The van der Waals surface area contributed by atoms with Crippen LogP contribution in [0.25, 0.3) is 0 Å². The fraction of sp³-hybridized carbons (Fsp3) is 0.455. The van der Waals surface area contributed by atoms with E-state index in [0.717, 1.165) is 50.1 Å². The summed E-state index contributed by atoms with van der Waals surface area (Å²) in [6.45, 7) is 8.05. The molecule has 4 heterocycles. The summed E-state index contributed by atoms with van der Waals surface area (Å²) in [5, 5.41) is 7.36. The molecule has 0 radical (unpaired) electrons. The number of carbonyl (C=O) groups excluding carboxylic acids is 3. The van der Waals surface area contributed by atoms with Gasteiger partial charge in [0.15, 0.2) is 0 Å². The Balaban J connectivity index is 1.14. The van der Waals surface area contributed by atoms with E-state index in [9.17, 15) is 14.4 Å². The molecule has 0 unspecified atom stereocenters. The van der Waals surface area contributed by atoms with Crippen LogP contribution in [0.2, 0.25) is 0 Å². The number of fused-ring (bicyclic) bond motifs is 4. The van der Waals surface area contributed by atoms with Crippen LogP contribution in [0.4, 0.5) is 0 Å². The van der Waals surface area contributed by atoms with Crippen molar-refractivity contribution in [3.63, 3.8) is 0 Å². The Hall–Kier alpha value is -3.98. The van der Waals surface area contributed by atoms with E-state index in [2.05, 4.69) is 65.3 Å². The first-order valence-electron chi connectivity index (χ1n) is 14.8. The topological polar surface area (TPSA) is 96.8 Å². The molecule has 6 rings (SSSR count). The van der Waals surface area contributed by atoms with Gasteiger partial charge in [-0.1, -0.05) is 36.4 Å². The summed E-state index contributed by atoms with van der Waals surface area (Å²) >= 11 is 0. The van der Waals surface area contributed by atoms with Gasteiger partial charge in [-0.25, -0.2) is 0 Å². The zero-order valence-electron chi connectivity index (χ0n) is 24.6. The van der Waals surface area contributed by atoms with Gasteiger partial charge in [0.2, 0.25) is 5.91 Å².